The first-order valence-electron chi connectivity index (χ1n) is 12.3. The highest BCUT2D eigenvalue weighted by atomic mass is 32.2. The predicted octanol–water partition coefficient (Wildman–Crippen LogP) is 5.78. The third-order valence-electron chi connectivity index (χ3n) is 5.83. The summed E-state index contributed by atoms with van der Waals surface area (Å²) in [6, 6.07) is 23.7. The zero-order valence-electron chi connectivity index (χ0n) is 21.2. The molecular weight excluding hydrogens is 471 g/mol. The Balaban J connectivity index is 1.85. The molecule has 1 unspecified atom stereocenters. The lowest BCUT2D eigenvalue weighted by Gasteiger charge is -2.32. The Bertz CT molecular complexity index is 1140. The lowest BCUT2D eigenvalue weighted by atomic mass is 10.0. The maximum Gasteiger partial charge on any atom is 0.243 e. The summed E-state index contributed by atoms with van der Waals surface area (Å²) in [4.78, 5) is 28.7. The summed E-state index contributed by atoms with van der Waals surface area (Å²) in [5.74, 6) is 0.265. The third kappa shape index (κ3) is 8.52. The molecular formula is C30H35FN2O2S. The van der Waals surface area contributed by atoms with Gasteiger partial charge in [0.1, 0.15) is 11.9 Å². The van der Waals surface area contributed by atoms with Crippen LogP contribution in [-0.2, 0) is 28.3 Å². The second kappa shape index (κ2) is 13.8. The van der Waals surface area contributed by atoms with E-state index in [-0.39, 0.29) is 23.4 Å². The molecule has 1 atom stereocenters. The topological polar surface area (TPSA) is 49.4 Å². The van der Waals surface area contributed by atoms with Gasteiger partial charge in [-0.2, -0.15) is 0 Å². The summed E-state index contributed by atoms with van der Waals surface area (Å²) in [7, 11) is 0. The molecule has 0 aromatic heterocycles. The van der Waals surface area contributed by atoms with Crippen LogP contribution in [0.25, 0.3) is 0 Å². The Hall–Kier alpha value is -3.12. The van der Waals surface area contributed by atoms with Gasteiger partial charge in [-0.15, -0.1) is 11.8 Å². The number of carbonyl (C=O) groups is 2. The number of rotatable bonds is 12. The molecule has 0 saturated carbocycles. The Morgan fingerprint density at radius 3 is 2.33 bits per heavy atom. The second-order valence-corrected chi connectivity index (χ2v) is 10.4. The van der Waals surface area contributed by atoms with Gasteiger partial charge in [-0.3, -0.25) is 9.59 Å². The van der Waals surface area contributed by atoms with E-state index in [1.54, 1.807) is 23.1 Å². The fourth-order valence-electron chi connectivity index (χ4n) is 3.93. The zero-order chi connectivity index (χ0) is 25.9. The summed E-state index contributed by atoms with van der Waals surface area (Å²) in [5, 5.41) is 3.04. The Kier molecular flexibility index (Phi) is 10.6. The molecule has 2 amide bonds. The number of aryl methyl sites for hydroxylation is 1. The second-order valence-electron chi connectivity index (χ2n) is 9.44. The van der Waals surface area contributed by atoms with Crippen molar-refractivity contribution in [2.75, 3.05) is 12.3 Å². The van der Waals surface area contributed by atoms with Gasteiger partial charge in [-0.05, 0) is 35.6 Å². The van der Waals surface area contributed by atoms with Gasteiger partial charge in [0.05, 0.1) is 5.75 Å². The summed E-state index contributed by atoms with van der Waals surface area (Å²) in [5.41, 5.74) is 3.62. The number of carbonyl (C=O) groups excluding carboxylic acids is 2. The van der Waals surface area contributed by atoms with Crippen LogP contribution in [0.4, 0.5) is 4.39 Å². The minimum Gasteiger partial charge on any atom is -0.354 e. The molecule has 0 bridgehead atoms. The van der Waals surface area contributed by atoms with Crippen LogP contribution >= 0.6 is 11.8 Å². The maximum atomic E-state index is 14.1. The summed E-state index contributed by atoms with van der Waals surface area (Å²) in [6.07, 6.45) is 0.417. The zero-order valence-corrected chi connectivity index (χ0v) is 22.1. The Labute approximate surface area is 218 Å². The molecule has 4 nitrogen and oxygen atoms in total. The molecule has 0 saturated heterocycles. The minimum absolute atomic E-state index is 0.140. The number of hydrogen-bond donors (Lipinski definition) is 1. The van der Waals surface area contributed by atoms with E-state index in [4.69, 9.17) is 0 Å². The van der Waals surface area contributed by atoms with Crippen molar-refractivity contribution in [3.05, 3.63) is 107 Å². The van der Waals surface area contributed by atoms with Gasteiger partial charge in [-0.1, -0.05) is 92.2 Å². The highest BCUT2D eigenvalue weighted by Crippen LogP contribution is 2.20. The number of amides is 2. The van der Waals surface area contributed by atoms with Crippen LogP contribution in [0.3, 0.4) is 0 Å². The van der Waals surface area contributed by atoms with Crippen LogP contribution in [0.5, 0.6) is 0 Å². The van der Waals surface area contributed by atoms with Crippen LogP contribution in [0, 0.1) is 18.7 Å². The van der Waals surface area contributed by atoms with Crippen molar-refractivity contribution < 1.29 is 14.0 Å². The van der Waals surface area contributed by atoms with E-state index < -0.39 is 6.04 Å². The fourth-order valence-corrected chi connectivity index (χ4v) is 4.83. The van der Waals surface area contributed by atoms with Gasteiger partial charge in [0.2, 0.25) is 11.8 Å². The lowest BCUT2D eigenvalue weighted by Crippen LogP contribution is -2.51. The molecule has 3 aromatic rings. The van der Waals surface area contributed by atoms with Crippen molar-refractivity contribution in [2.45, 2.75) is 45.5 Å². The number of thioether (sulfide) groups is 1. The van der Waals surface area contributed by atoms with Crippen molar-refractivity contribution in [3.8, 4) is 0 Å². The standard InChI is InChI=1S/C30H35FN2O2S/c1-22(2)18-32-30(35)28(17-24-11-5-4-6-12-24)33(19-25-13-9-10-23(3)16-25)29(34)21-36-20-26-14-7-8-15-27(26)31/h4-16,22,28H,17-21H2,1-3H3,(H,32,35). The molecule has 3 rings (SSSR count). The first-order chi connectivity index (χ1) is 17.3. The number of nitrogens with one attached hydrogen (secondary N) is 1. The molecule has 0 radical (unpaired) electrons. The number of nitrogens with zero attached hydrogens (tertiary/aromatic N) is 1. The first kappa shape index (κ1) is 27.5. The summed E-state index contributed by atoms with van der Waals surface area (Å²) < 4.78 is 14.1. The molecule has 190 valence electrons. The van der Waals surface area contributed by atoms with E-state index in [0.717, 1.165) is 16.7 Å². The Morgan fingerprint density at radius 2 is 1.64 bits per heavy atom. The molecule has 0 aliphatic heterocycles. The lowest BCUT2D eigenvalue weighted by molar-refractivity contribution is -0.139. The molecule has 1 N–H and O–H groups in total. The number of benzene rings is 3. The molecule has 36 heavy (non-hydrogen) atoms. The van der Waals surface area contributed by atoms with Crippen LogP contribution in [0.2, 0.25) is 0 Å². The van der Waals surface area contributed by atoms with Crippen LogP contribution in [-0.4, -0.2) is 35.1 Å². The van der Waals surface area contributed by atoms with Gasteiger partial charge >= 0.3 is 0 Å². The normalized spacial score (nSPS) is 11.8. The van der Waals surface area contributed by atoms with Crippen molar-refractivity contribution in [3.63, 3.8) is 0 Å². The molecule has 0 aliphatic rings. The van der Waals surface area contributed by atoms with Crippen molar-refractivity contribution in [2.24, 2.45) is 5.92 Å². The highest BCUT2D eigenvalue weighted by Gasteiger charge is 2.30. The average Bonchev–Trinajstić information content (AvgIpc) is 2.86. The van der Waals surface area contributed by atoms with E-state index >= 15 is 0 Å². The van der Waals surface area contributed by atoms with E-state index in [2.05, 4.69) is 5.32 Å². The van der Waals surface area contributed by atoms with Crippen LogP contribution in [0.15, 0.2) is 78.9 Å². The monoisotopic (exact) mass is 506 g/mol. The maximum absolute atomic E-state index is 14.1. The number of halogens is 1. The van der Waals surface area contributed by atoms with Crippen LogP contribution in [0.1, 0.15) is 36.1 Å². The van der Waals surface area contributed by atoms with Gasteiger partial charge in [0.15, 0.2) is 0 Å². The van der Waals surface area contributed by atoms with E-state index in [1.807, 2.05) is 75.4 Å². The molecule has 3 aromatic carbocycles. The van der Waals surface area contributed by atoms with Crippen molar-refractivity contribution >= 4 is 23.6 Å². The van der Waals surface area contributed by atoms with Gasteiger partial charge in [0.25, 0.3) is 0 Å². The summed E-state index contributed by atoms with van der Waals surface area (Å²) in [6.45, 7) is 6.96. The average molecular weight is 507 g/mol. The van der Waals surface area contributed by atoms with Crippen molar-refractivity contribution in [1.29, 1.82) is 0 Å². The van der Waals surface area contributed by atoms with Crippen molar-refractivity contribution in [1.82, 2.24) is 10.2 Å². The number of hydrogen-bond acceptors (Lipinski definition) is 3. The van der Waals surface area contributed by atoms with E-state index in [9.17, 15) is 14.0 Å². The SMILES string of the molecule is Cc1cccc(CN(C(=O)CSCc2ccccc2F)C(Cc2ccccc2)C(=O)NCC(C)C)c1. The van der Waals surface area contributed by atoms with Gasteiger partial charge in [-0.25, -0.2) is 4.39 Å². The smallest absolute Gasteiger partial charge is 0.243 e. The predicted molar refractivity (Wildman–Crippen MR) is 146 cm³/mol. The third-order valence-corrected chi connectivity index (χ3v) is 6.80. The van der Waals surface area contributed by atoms with Crippen LogP contribution < -0.4 is 5.32 Å². The summed E-state index contributed by atoms with van der Waals surface area (Å²) >= 11 is 1.36. The molecule has 0 spiro atoms. The fraction of sp³-hybridized carbons (Fsp3) is 0.333. The molecule has 0 fully saturated rings. The van der Waals surface area contributed by atoms with Gasteiger partial charge < -0.3 is 10.2 Å². The molecule has 0 heterocycles. The van der Waals surface area contributed by atoms with E-state index in [1.165, 1.54) is 17.8 Å². The van der Waals surface area contributed by atoms with E-state index in [0.29, 0.717) is 36.7 Å². The largest absolute Gasteiger partial charge is 0.354 e. The molecule has 6 heteroatoms. The highest BCUT2D eigenvalue weighted by molar-refractivity contribution is 7.99. The first-order valence-corrected chi connectivity index (χ1v) is 13.5. The quantitative estimate of drug-likeness (QED) is 0.339. The van der Waals surface area contributed by atoms with Gasteiger partial charge in [0, 0.05) is 25.3 Å². The minimum atomic E-state index is -0.659. The molecule has 0 aliphatic carbocycles. The Morgan fingerprint density at radius 1 is 0.944 bits per heavy atom.